The van der Waals surface area contributed by atoms with Crippen LogP contribution in [0.4, 0.5) is 5.69 Å². The smallest absolute Gasteiger partial charge is 0.242 e. The van der Waals surface area contributed by atoms with Crippen molar-refractivity contribution in [2.24, 2.45) is 0 Å². The zero-order chi connectivity index (χ0) is 13.6. The second-order valence-electron chi connectivity index (χ2n) is 3.79. The summed E-state index contributed by atoms with van der Waals surface area (Å²) in [6, 6.07) is 4.42. The van der Waals surface area contributed by atoms with Crippen LogP contribution < -0.4 is 10.5 Å². The van der Waals surface area contributed by atoms with E-state index in [2.05, 4.69) is 4.72 Å². The number of sulfonamides is 1. The molecule has 0 radical (unpaired) electrons. The number of nitrogens with two attached hydrogens (primary N) is 1. The first-order valence-corrected chi connectivity index (χ1v) is 8.76. The highest BCUT2D eigenvalue weighted by molar-refractivity contribution is 7.98. The number of rotatable bonds is 7. The number of unbranched alkanes of at least 4 members (excludes halogenated alkanes) is 1. The molecule has 1 aromatic rings. The minimum atomic E-state index is -3.57. The van der Waals surface area contributed by atoms with Gasteiger partial charge < -0.3 is 5.73 Å². The predicted octanol–water partition coefficient (Wildman–Crippen LogP) is 2.34. The molecule has 0 aromatic heterocycles. The molecule has 0 bridgehead atoms. The molecular formula is C11H17ClN2O2S2. The Morgan fingerprint density at radius 3 is 2.78 bits per heavy atom. The molecule has 1 rings (SSSR count). The van der Waals surface area contributed by atoms with Gasteiger partial charge in [0.2, 0.25) is 10.0 Å². The third-order valence-electron chi connectivity index (χ3n) is 2.31. The number of thioether (sulfide) groups is 1. The van der Waals surface area contributed by atoms with Crippen molar-refractivity contribution in [2.75, 3.05) is 24.3 Å². The number of anilines is 1. The van der Waals surface area contributed by atoms with Gasteiger partial charge in [0, 0.05) is 12.2 Å². The summed E-state index contributed by atoms with van der Waals surface area (Å²) in [6.07, 6.45) is 3.81. The van der Waals surface area contributed by atoms with E-state index in [9.17, 15) is 8.42 Å². The fourth-order valence-corrected chi connectivity index (χ4v) is 3.48. The van der Waals surface area contributed by atoms with Crippen molar-refractivity contribution in [1.29, 1.82) is 0 Å². The number of benzene rings is 1. The Morgan fingerprint density at radius 2 is 2.11 bits per heavy atom. The van der Waals surface area contributed by atoms with Gasteiger partial charge in [-0.15, -0.1) is 0 Å². The van der Waals surface area contributed by atoms with Crippen molar-refractivity contribution < 1.29 is 8.42 Å². The van der Waals surface area contributed by atoms with Crippen LogP contribution in [0.2, 0.25) is 5.02 Å². The largest absolute Gasteiger partial charge is 0.399 e. The Morgan fingerprint density at radius 1 is 1.39 bits per heavy atom. The minimum absolute atomic E-state index is 0.0361. The van der Waals surface area contributed by atoms with E-state index < -0.39 is 10.0 Å². The lowest BCUT2D eigenvalue weighted by Crippen LogP contribution is -2.25. The van der Waals surface area contributed by atoms with Crippen LogP contribution in [0.1, 0.15) is 12.8 Å². The lowest BCUT2D eigenvalue weighted by atomic mass is 10.3. The molecule has 0 unspecified atom stereocenters. The zero-order valence-electron chi connectivity index (χ0n) is 10.1. The van der Waals surface area contributed by atoms with Crippen LogP contribution in [-0.4, -0.2) is 27.0 Å². The first-order valence-electron chi connectivity index (χ1n) is 5.51. The molecule has 3 N–H and O–H groups in total. The Balaban J connectivity index is 2.66. The Bertz CT molecular complexity index is 492. The van der Waals surface area contributed by atoms with Gasteiger partial charge in [-0.25, -0.2) is 13.1 Å². The number of nitrogen functional groups attached to an aromatic ring is 1. The lowest BCUT2D eigenvalue weighted by Gasteiger charge is -2.08. The third-order valence-corrected chi connectivity index (χ3v) is 4.95. The molecule has 102 valence electrons. The first-order chi connectivity index (χ1) is 8.47. The molecule has 0 saturated heterocycles. The lowest BCUT2D eigenvalue weighted by molar-refractivity contribution is 0.578. The average molecular weight is 309 g/mol. The summed E-state index contributed by atoms with van der Waals surface area (Å²) >= 11 is 7.61. The Hall–Kier alpha value is -0.430. The number of hydrogen-bond donors (Lipinski definition) is 2. The summed E-state index contributed by atoms with van der Waals surface area (Å²) < 4.78 is 26.5. The molecule has 0 atom stereocenters. The van der Waals surface area contributed by atoms with Crippen LogP contribution in [0.15, 0.2) is 23.1 Å². The number of hydrogen-bond acceptors (Lipinski definition) is 4. The van der Waals surface area contributed by atoms with Gasteiger partial charge in [-0.2, -0.15) is 11.8 Å². The van der Waals surface area contributed by atoms with E-state index >= 15 is 0 Å². The van der Waals surface area contributed by atoms with Crippen molar-refractivity contribution in [3.63, 3.8) is 0 Å². The van der Waals surface area contributed by atoms with Gasteiger partial charge in [0.25, 0.3) is 0 Å². The van der Waals surface area contributed by atoms with Crippen molar-refractivity contribution in [3.05, 3.63) is 23.2 Å². The SMILES string of the molecule is CSCCCCNS(=O)(=O)c1cc(N)ccc1Cl. The maximum absolute atomic E-state index is 12.0. The monoisotopic (exact) mass is 308 g/mol. The second kappa shape index (κ2) is 7.23. The Labute approximate surface area is 117 Å². The molecule has 0 saturated carbocycles. The quantitative estimate of drug-likeness (QED) is 0.599. The predicted molar refractivity (Wildman–Crippen MR) is 78.7 cm³/mol. The van der Waals surface area contributed by atoms with E-state index in [-0.39, 0.29) is 9.92 Å². The van der Waals surface area contributed by atoms with Gasteiger partial charge >= 0.3 is 0 Å². The summed E-state index contributed by atoms with van der Waals surface area (Å²) in [6.45, 7) is 0.411. The van der Waals surface area contributed by atoms with E-state index in [1.807, 2.05) is 6.26 Å². The summed E-state index contributed by atoms with van der Waals surface area (Å²) in [5, 5.41) is 0.181. The maximum atomic E-state index is 12.0. The fourth-order valence-electron chi connectivity index (χ4n) is 1.38. The van der Waals surface area contributed by atoms with Crippen LogP contribution >= 0.6 is 23.4 Å². The fraction of sp³-hybridized carbons (Fsp3) is 0.455. The molecule has 0 fully saturated rings. The van der Waals surface area contributed by atoms with Crippen molar-refractivity contribution in [3.8, 4) is 0 Å². The standard InChI is InChI=1S/C11H17ClN2O2S2/c1-17-7-3-2-6-14-18(15,16)11-8-9(13)4-5-10(11)12/h4-5,8,14H,2-3,6-7,13H2,1H3. The van der Waals surface area contributed by atoms with Crippen LogP contribution in [-0.2, 0) is 10.0 Å². The topological polar surface area (TPSA) is 72.2 Å². The first kappa shape index (κ1) is 15.6. The van der Waals surface area contributed by atoms with E-state index in [1.165, 1.54) is 12.1 Å². The molecule has 0 amide bonds. The van der Waals surface area contributed by atoms with Crippen molar-refractivity contribution in [1.82, 2.24) is 4.72 Å². The van der Waals surface area contributed by atoms with Gasteiger partial charge in [-0.3, -0.25) is 0 Å². The third kappa shape index (κ3) is 4.68. The highest BCUT2D eigenvalue weighted by atomic mass is 35.5. The molecule has 0 heterocycles. The molecule has 0 aliphatic heterocycles. The summed E-state index contributed by atoms with van der Waals surface area (Å²) in [4.78, 5) is 0.0361. The summed E-state index contributed by atoms with van der Waals surface area (Å²) in [7, 11) is -3.57. The average Bonchev–Trinajstić information content (AvgIpc) is 2.32. The van der Waals surface area contributed by atoms with Gasteiger partial charge in [-0.05, 0) is 43.0 Å². The minimum Gasteiger partial charge on any atom is -0.399 e. The van der Waals surface area contributed by atoms with E-state index in [0.29, 0.717) is 12.2 Å². The highest BCUT2D eigenvalue weighted by Crippen LogP contribution is 2.23. The van der Waals surface area contributed by atoms with Gasteiger partial charge in [0.15, 0.2) is 0 Å². The molecule has 0 aliphatic rings. The van der Waals surface area contributed by atoms with Crippen molar-refractivity contribution >= 4 is 39.1 Å². The normalized spacial score (nSPS) is 11.7. The van der Waals surface area contributed by atoms with E-state index in [4.69, 9.17) is 17.3 Å². The number of nitrogens with one attached hydrogen (secondary N) is 1. The van der Waals surface area contributed by atoms with Gasteiger partial charge in [-0.1, -0.05) is 11.6 Å². The van der Waals surface area contributed by atoms with Gasteiger partial charge in [0.05, 0.1) is 5.02 Å². The van der Waals surface area contributed by atoms with Crippen LogP contribution in [0, 0.1) is 0 Å². The van der Waals surface area contributed by atoms with E-state index in [1.54, 1.807) is 17.8 Å². The van der Waals surface area contributed by atoms with Crippen molar-refractivity contribution in [2.45, 2.75) is 17.7 Å². The highest BCUT2D eigenvalue weighted by Gasteiger charge is 2.17. The molecule has 18 heavy (non-hydrogen) atoms. The second-order valence-corrected chi connectivity index (χ2v) is 6.92. The maximum Gasteiger partial charge on any atom is 0.242 e. The molecule has 0 aliphatic carbocycles. The van der Waals surface area contributed by atoms with Crippen LogP contribution in [0.25, 0.3) is 0 Å². The van der Waals surface area contributed by atoms with Crippen LogP contribution in [0.3, 0.4) is 0 Å². The molecule has 1 aromatic carbocycles. The molecule has 0 spiro atoms. The molecule has 7 heteroatoms. The Kier molecular flexibility index (Phi) is 6.28. The summed E-state index contributed by atoms with van der Waals surface area (Å²) in [5.74, 6) is 1.03. The van der Waals surface area contributed by atoms with E-state index in [0.717, 1.165) is 18.6 Å². The summed E-state index contributed by atoms with van der Waals surface area (Å²) in [5.41, 5.74) is 5.94. The molecular weight excluding hydrogens is 292 g/mol. The molecule has 4 nitrogen and oxygen atoms in total. The van der Waals surface area contributed by atoms with Crippen LogP contribution in [0.5, 0.6) is 0 Å². The zero-order valence-corrected chi connectivity index (χ0v) is 12.5. The number of halogens is 1. The van der Waals surface area contributed by atoms with Gasteiger partial charge in [0.1, 0.15) is 4.90 Å².